The third kappa shape index (κ3) is 5.01. The van der Waals surface area contributed by atoms with E-state index in [1.807, 2.05) is 6.07 Å². The molecule has 0 bridgehead atoms. The van der Waals surface area contributed by atoms with E-state index in [4.69, 9.17) is 14.2 Å². The standard InChI is InChI=1S/C18H19NO5/c1-13(24-14-8-4-3-5-9-14)18(21)23-12-17(20)19-15-10-6-7-11-16(15)22-2/h3-11,13H,12H2,1-2H3,(H,19,20)/t13-/m0/s1. The Balaban J connectivity index is 1.81. The SMILES string of the molecule is COc1ccccc1NC(=O)COC(=O)[C@H](C)Oc1ccccc1. The zero-order valence-corrected chi connectivity index (χ0v) is 13.5. The van der Waals surface area contributed by atoms with Gasteiger partial charge in [0.25, 0.3) is 5.91 Å². The summed E-state index contributed by atoms with van der Waals surface area (Å²) in [4.78, 5) is 23.8. The summed E-state index contributed by atoms with van der Waals surface area (Å²) in [5.41, 5.74) is 0.509. The van der Waals surface area contributed by atoms with Crippen LogP contribution in [0.15, 0.2) is 54.6 Å². The van der Waals surface area contributed by atoms with Crippen LogP contribution in [0.4, 0.5) is 5.69 Å². The summed E-state index contributed by atoms with van der Waals surface area (Å²) in [6.07, 6.45) is -0.813. The molecule has 1 N–H and O–H groups in total. The van der Waals surface area contributed by atoms with Gasteiger partial charge >= 0.3 is 5.97 Å². The molecule has 0 aromatic heterocycles. The number of benzene rings is 2. The van der Waals surface area contributed by atoms with Gasteiger partial charge in [0.1, 0.15) is 11.5 Å². The van der Waals surface area contributed by atoms with Crippen LogP contribution in [-0.4, -0.2) is 31.7 Å². The predicted octanol–water partition coefficient (Wildman–Crippen LogP) is 2.64. The molecule has 126 valence electrons. The van der Waals surface area contributed by atoms with Gasteiger partial charge in [-0.25, -0.2) is 4.79 Å². The summed E-state index contributed by atoms with van der Waals surface area (Å²) in [6.45, 7) is 1.16. The van der Waals surface area contributed by atoms with Gasteiger partial charge in [0.2, 0.25) is 0 Å². The quantitative estimate of drug-likeness (QED) is 0.791. The number of para-hydroxylation sites is 3. The van der Waals surface area contributed by atoms with E-state index in [9.17, 15) is 9.59 Å². The number of hydrogen-bond acceptors (Lipinski definition) is 5. The van der Waals surface area contributed by atoms with Gasteiger partial charge in [-0.3, -0.25) is 4.79 Å². The summed E-state index contributed by atoms with van der Waals surface area (Å²) >= 11 is 0. The molecular weight excluding hydrogens is 310 g/mol. The average molecular weight is 329 g/mol. The van der Waals surface area contributed by atoms with Crippen LogP contribution in [0.5, 0.6) is 11.5 Å². The molecule has 0 saturated carbocycles. The first-order valence-electron chi connectivity index (χ1n) is 7.41. The molecule has 1 amide bonds. The zero-order chi connectivity index (χ0) is 17.4. The van der Waals surface area contributed by atoms with Gasteiger partial charge in [0.05, 0.1) is 12.8 Å². The molecule has 2 aromatic rings. The van der Waals surface area contributed by atoms with Crippen molar-refractivity contribution in [1.29, 1.82) is 0 Å². The van der Waals surface area contributed by atoms with Gasteiger partial charge in [-0.15, -0.1) is 0 Å². The van der Waals surface area contributed by atoms with Crippen LogP contribution < -0.4 is 14.8 Å². The maximum Gasteiger partial charge on any atom is 0.347 e. The topological polar surface area (TPSA) is 73.9 Å². The van der Waals surface area contributed by atoms with Gasteiger partial charge in [-0.2, -0.15) is 0 Å². The van der Waals surface area contributed by atoms with Gasteiger partial charge in [0, 0.05) is 0 Å². The third-order valence-electron chi connectivity index (χ3n) is 3.11. The summed E-state index contributed by atoms with van der Waals surface area (Å²) < 4.78 is 15.5. The van der Waals surface area contributed by atoms with Crippen LogP contribution in [0.3, 0.4) is 0 Å². The predicted molar refractivity (Wildman–Crippen MR) is 89.1 cm³/mol. The molecule has 0 fully saturated rings. The van der Waals surface area contributed by atoms with Crippen LogP contribution in [0.25, 0.3) is 0 Å². The van der Waals surface area contributed by atoms with E-state index in [0.29, 0.717) is 17.2 Å². The highest BCUT2D eigenvalue weighted by atomic mass is 16.6. The summed E-state index contributed by atoms with van der Waals surface area (Å²) in [5.74, 6) is 0.00664. The monoisotopic (exact) mass is 329 g/mol. The molecule has 24 heavy (non-hydrogen) atoms. The lowest BCUT2D eigenvalue weighted by Gasteiger charge is -2.14. The number of carbonyl (C=O) groups is 2. The average Bonchev–Trinajstić information content (AvgIpc) is 2.61. The molecule has 6 heteroatoms. The summed E-state index contributed by atoms with van der Waals surface area (Å²) in [7, 11) is 1.51. The smallest absolute Gasteiger partial charge is 0.347 e. The van der Waals surface area contributed by atoms with Gasteiger partial charge in [0.15, 0.2) is 12.7 Å². The molecule has 1 atom stereocenters. The highest BCUT2D eigenvalue weighted by molar-refractivity contribution is 5.94. The molecule has 0 unspecified atom stereocenters. The lowest BCUT2D eigenvalue weighted by molar-refractivity contribution is -0.153. The Labute approximate surface area is 140 Å². The highest BCUT2D eigenvalue weighted by Crippen LogP contribution is 2.22. The van der Waals surface area contributed by atoms with Crippen molar-refractivity contribution in [3.05, 3.63) is 54.6 Å². The molecule has 0 spiro atoms. The fourth-order valence-electron chi connectivity index (χ4n) is 1.94. The normalized spacial score (nSPS) is 11.2. The van der Waals surface area contributed by atoms with E-state index >= 15 is 0 Å². The number of amides is 1. The van der Waals surface area contributed by atoms with Crippen molar-refractivity contribution in [2.24, 2.45) is 0 Å². The number of ether oxygens (including phenoxy) is 3. The molecule has 0 aliphatic heterocycles. The van der Waals surface area contributed by atoms with Crippen molar-refractivity contribution in [2.75, 3.05) is 19.0 Å². The van der Waals surface area contributed by atoms with Crippen molar-refractivity contribution in [3.63, 3.8) is 0 Å². The largest absolute Gasteiger partial charge is 0.495 e. The van der Waals surface area contributed by atoms with Gasteiger partial charge in [-0.05, 0) is 31.2 Å². The number of nitrogens with one attached hydrogen (secondary N) is 1. The van der Waals surface area contributed by atoms with Gasteiger partial charge < -0.3 is 19.5 Å². The van der Waals surface area contributed by atoms with Crippen LogP contribution >= 0.6 is 0 Å². The molecule has 0 aliphatic carbocycles. The Bertz CT molecular complexity index is 687. The molecule has 0 radical (unpaired) electrons. The summed E-state index contributed by atoms with van der Waals surface area (Å²) in [5, 5.41) is 2.62. The van der Waals surface area contributed by atoms with Gasteiger partial charge in [-0.1, -0.05) is 30.3 Å². The molecule has 0 heterocycles. The number of hydrogen-bond donors (Lipinski definition) is 1. The second kappa shape index (κ2) is 8.57. The Hall–Kier alpha value is -3.02. The fourth-order valence-corrected chi connectivity index (χ4v) is 1.94. The molecule has 6 nitrogen and oxygen atoms in total. The number of anilines is 1. The lowest BCUT2D eigenvalue weighted by atomic mass is 10.3. The van der Waals surface area contributed by atoms with Crippen LogP contribution in [-0.2, 0) is 14.3 Å². The second-order valence-corrected chi connectivity index (χ2v) is 4.93. The minimum atomic E-state index is -0.813. The first kappa shape index (κ1) is 17.3. The van der Waals surface area contributed by atoms with Crippen molar-refractivity contribution in [3.8, 4) is 11.5 Å². The van der Waals surface area contributed by atoms with Crippen LogP contribution in [0.1, 0.15) is 6.92 Å². The van der Waals surface area contributed by atoms with E-state index in [-0.39, 0.29) is 0 Å². The first-order chi connectivity index (χ1) is 11.6. The number of carbonyl (C=O) groups excluding carboxylic acids is 2. The summed E-state index contributed by atoms with van der Waals surface area (Å²) in [6, 6.07) is 15.9. The number of rotatable bonds is 7. The third-order valence-corrected chi connectivity index (χ3v) is 3.11. The Morgan fingerprint density at radius 1 is 1.04 bits per heavy atom. The molecular formula is C18H19NO5. The minimum absolute atomic E-state index is 0.403. The maximum atomic E-state index is 11.9. The molecule has 0 saturated heterocycles. The van der Waals surface area contributed by atoms with Crippen molar-refractivity contribution in [2.45, 2.75) is 13.0 Å². The Kier molecular flexibility index (Phi) is 6.19. The minimum Gasteiger partial charge on any atom is -0.495 e. The Morgan fingerprint density at radius 2 is 1.71 bits per heavy atom. The number of methoxy groups -OCH3 is 1. The van der Waals surface area contributed by atoms with Crippen molar-refractivity contribution in [1.82, 2.24) is 0 Å². The van der Waals surface area contributed by atoms with E-state index in [2.05, 4.69) is 5.32 Å². The van der Waals surface area contributed by atoms with Crippen LogP contribution in [0.2, 0.25) is 0 Å². The molecule has 0 aliphatic rings. The molecule has 2 aromatic carbocycles. The first-order valence-corrected chi connectivity index (χ1v) is 7.41. The van der Waals surface area contributed by atoms with Crippen LogP contribution in [0, 0.1) is 0 Å². The van der Waals surface area contributed by atoms with E-state index in [1.54, 1.807) is 55.5 Å². The maximum absolute atomic E-state index is 11.9. The lowest BCUT2D eigenvalue weighted by Crippen LogP contribution is -2.29. The molecule has 2 rings (SSSR count). The highest BCUT2D eigenvalue weighted by Gasteiger charge is 2.18. The van der Waals surface area contributed by atoms with Crippen molar-refractivity contribution >= 4 is 17.6 Å². The van der Waals surface area contributed by atoms with E-state index < -0.39 is 24.6 Å². The van der Waals surface area contributed by atoms with Crippen molar-refractivity contribution < 1.29 is 23.8 Å². The van der Waals surface area contributed by atoms with E-state index in [1.165, 1.54) is 7.11 Å². The second-order valence-electron chi connectivity index (χ2n) is 4.93. The number of esters is 1. The zero-order valence-electron chi connectivity index (χ0n) is 13.5. The fraction of sp³-hybridized carbons (Fsp3) is 0.222. The Morgan fingerprint density at radius 3 is 2.42 bits per heavy atom. The van der Waals surface area contributed by atoms with E-state index in [0.717, 1.165) is 0 Å².